The van der Waals surface area contributed by atoms with Gasteiger partial charge in [0.15, 0.2) is 0 Å². The molecule has 4 nitrogen and oxygen atoms in total. The van der Waals surface area contributed by atoms with Crippen molar-refractivity contribution in [1.29, 1.82) is 5.26 Å². The third-order valence-electron chi connectivity index (χ3n) is 6.26. The van der Waals surface area contributed by atoms with Crippen molar-refractivity contribution in [2.45, 2.75) is 38.9 Å². The van der Waals surface area contributed by atoms with Crippen LogP contribution in [0, 0.1) is 28.6 Å². The Morgan fingerprint density at radius 2 is 2.08 bits per heavy atom. The summed E-state index contributed by atoms with van der Waals surface area (Å²) in [6.45, 7) is 5.74. The highest BCUT2D eigenvalue weighted by Gasteiger charge is 2.67. The summed E-state index contributed by atoms with van der Waals surface area (Å²) >= 11 is 0. The van der Waals surface area contributed by atoms with Crippen LogP contribution in [0.1, 0.15) is 33.0 Å². The minimum absolute atomic E-state index is 0.0292. The topological polar surface area (TPSA) is 54.5 Å². The molecule has 1 saturated carbocycles. The lowest BCUT2D eigenvalue weighted by Gasteiger charge is -2.67. The van der Waals surface area contributed by atoms with Crippen molar-refractivity contribution >= 4 is 11.0 Å². The second-order valence-corrected chi connectivity index (χ2v) is 7.53. The zero-order valence-corrected chi connectivity index (χ0v) is 14.1. The molecule has 2 heterocycles. The van der Waals surface area contributed by atoms with Gasteiger partial charge in [-0.3, -0.25) is 4.98 Å². The highest BCUT2D eigenvalue weighted by atomic mass is 19.4. The van der Waals surface area contributed by atoms with Gasteiger partial charge in [0.2, 0.25) is 5.82 Å². The van der Waals surface area contributed by atoms with Gasteiger partial charge in [-0.05, 0) is 36.3 Å². The van der Waals surface area contributed by atoms with Crippen molar-refractivity contribution in [3.05, 3.63) is 35.9 Å². The molecular weight excluding hydrogens is 329 g/mol. The van der Waals surface area contributed by atoms with E-state index in [9.17, 15) is 18.4 Å². The molecule has 0 radical (unpaired) electrons. The third-order valence-corrected chi connectivity index (χ3v) is 6.26. The molecule has 0 aromatic carbocycles. The Hall–Kier alpha value is -2.36. The van der Waals surface area contributed by atoms with Crippen LogP contribution in [0.25, 0.3) is 11.0 Å². The maximum atomic E-state index is 13.8. The number of halogens is 3. The van der Waals surface area contributed by atoms with E-state index in [0.717, 1.165) is 5.57 Å². The van der Waals surface area contributed by atoms with E-state index < -0.39 is 23.0 Å². The summed E-state index contributed by atoms with van der Waals surface area (Å²) < 4.78 is 42.7. The van der Waals surface area contributed by atoms with Gasteiger partial charge in [0, 0.05) is 6.20 Å². The first kappa shape index (κ1) is 16.1. The van der Waals surface area contributed by atoms with E-state index in [1.54, 1.807) is 6.07 Å². The number of alkyl halides is 3. The number of fused-ring (bicyclic) bond motifs is 2. The number of hydrogen-bond acceptors (Lipinski definition) is 3. The molecule has 3 atom stereocenters. The molecule has 130 valence electrons. The molecule has 5 rings (SSSR count). The number of pyridine rings is 1. The molecule has 1 fully saturated rings. The van der Waals surface area contributed by atoms with E-state index in [4.69, 9.17) is 0 Å². The van der Waals surface area contributed by atoms with Gasteiger partial charge in [0.1, 0.15) is 5.52 Å². The van der Waals surface area contributed by atoms with E-state index in [1.165, 1.54) is 17.0 Å². The molecule has 3 aliphatic rings. The molecule has 2 aromatic rings. The lowest BCUT2D eigenvalue weighted by Crippen LogP contribution is -2.66. The van der Waals surface area contributed by atoms with Crippen LogP contribution in [0.2, 0.25) is 0 Å². The number of hydrogen-bond donors (Lipinski definition) is 0. The highest BCUT2D eigenvalue weighted by molar-refractivity contribution is 5.76. The molecule has 0 spiro atoms. The minimum atomic E-state index is -4.57. The van der Waals surface area contributed by atoms with Gasteiger partial charge >= 0.3 is 6.18 Å². The quantitative estimate of drug-likeness (QED) is 0.724. The van der Waals surface area contributed by atoms with Crippen LogP contribution >= 0.6 is 0 Å². The van der Waals surface area contributed by atoms with Gasteiger partial charge in [0.25, 0.3) is 0 Å². The number of aromatic nitrogens is 3. The van der Waals surface area contributed by atoms with Gasteiger partial charge in [-0.25, -0.2) is 4.98 Å². The van der Waals surface area contributed by atoms with E-state index in [2.05, 4.69) is 16.0 Å². The fourth-order valence-corrected chi connectivity index (χ4v) is 4.97. The summed E-state index contributed by atoms with van der Waals surface area (Å²) in [5, 5.41) is 9.40. The highest BCUT2D eigenvalue weighted by Crippen LogP contribution is 2.68. The molecule has 0 N–H and O–H groups in total. The molecule has 0 amide bonds. The Morgan fingerprint density at radius 3 is 2.64 bits per heavy atom. The molecule has 7 heteroatoms. The smallest absolute Gasteiger partial charge is 0.310 e. The third kappa shape index (κ3) is 1.77. The molecule has 2 aromatic heterocycles. The summed E-state index contributed by atoms with van der Waals surface area (Å²) in [5.74, 6) is -1.13. The summed E-state index contributed by atoms with van der Waals surface area (Å²) in [6, 6.07) is 3.87. The maximum Gasteiger partial charge on any atom is 0.449 e. The summed E-state index contributed by atoms with van der Waals surface area (Å²) in [5.41, 5.74) is 0.151. The van der Waals surface area contributed by atoms with Crippen LogP contribution in [-0.2, 0) is 11.7 Å². The number of rotatable bonds is 1. The lowest BCUT2D eigenvalue weighted by atomic mass is 9.41. The summed E-state index contributed by atoms with van der Waals surface area (Å²) in [6.07, 6.45) is 0.618. The van der Waals surface area contributed by atoms with E-state index >= 15 is 0 Å². The molecular formula is C18H17F3N4. The zero-order chi connectivity index (χ0) is 18.2. The van der Waals surface area contributed by atoms with Gasteiger partial charge < -0.3 is 4.57 Å². The predicted octanol–water partition coefficient (Wildman–Crippen LogP) is 4.29. The molecule has 0 saturated heterocycles. The Labute approximate surface area is 143 Å². The van der Waals surface area contributed by atoms with Crippen LogP contribution in [0.4, 0.5) is 13.2 Å². The number of allylic oxidation sites excluding steroid dienone is 2. The van der Waals surface area contributed by atoms with Crippen LogP contribution in [0.3, 0.4) is 0 Å². The monoisotopic (exact) mass is 346 g/mol. The largest absolute Gasteiger partial charge is 0.449 e. The van der Waals surface area contributed by atoms with E-state index in [0.29, 0.717) is 11.9 Å². The average Bonchev–Trinajstić information content (AvgIpc) is 2.93. The fourth-order valence-electron chi connectivity index (χ4n) is 4.97. The standard InChI is InChI=1S/C18H17F3N4/c1-10-6-11(8-22)12-7-17(10,16(12,2)3)25-14-4-5-23-9-13(14)24-15(25)18(19,20)21/h4-6,9,11-12H,7H2,1-3H3. The molecule has 0 aliphatic heterocycles. The summed E-state index contributed by atoms with van der Waals surface area (Å²) in [4.78, 5) is 7.76. The first-order valence-electron chi connectivity index (χ1n) is 8.13. The zero-order valence-electron chi connectivity index (χ0n) is 14.1. The van der Waals surface area contributed by atoms with Crippen LogP contribution < -0.4 is 0 Å². The second kappa shape index (κ2) is 4.63. The molecule has 3 unspecified atom stereocenters. The Balaban J connectivity index is 2.07. The first-order chi connectivity index (χ1) is 11.6. The normalized spacial score (nSPS) is 30.5. The van der Waals surface area contributed by atoms with Crippen molar-refractivity contribution in [2.24, 2.45) is 17.3 Å². The van der Waals surface area contributed by atoms with Crippen LogP contribution in [-0.4, -0.2) is 14.5 Å². The van der Waals surface area contributed by atoms with Crippen molar-refractivity contribution in [3.8, 4) is 6.07 Å². The minimum Gasteiger partial charge on any atom is -0.310 e. The second-order valence-electron chi connectivity index (χ2n) is 7.53. The lowest BCUT2D eigenvalue weighted by molar-refractivity contribution is -0.162. The maximum absolute atomic E-state index is 13.8. The van der Waals surface area contributed by atoms with Gasteiger partial charge in [-0.2, -0.15) is 18.4 Å². The predicted molar refractivity (Wildman–Crippen MR) is 85.3 cm³/mol. The Bertz CT molecular complexity index is 947. The number of nitriles is 1. The molecule has 2 bridgehead atoms. The molecule has 3 aliphatic carbocycles. The van der Waals surface area contributed by atoms with E-state index in [1.807, 2.05) is 26.8 Å². The Morgan fingerprint density at radius 1 is 1.36 bits per heavy atom. The summed E-state index contributed by atoms with van der Waals surface area (Å²) in [7, 11) is 0. The van der Waals surface area contributed by atoms with Crippen molar-refractivity contribution < 1.29 is 13.2 Å². The SMILES string of the molecule is CC1=CC(C#N)C2CC1(n1c(C(F)(F)F)nc3cnccc31)C2(C)C. The van der Waals surface area contributed by atoms with Crippen molar-refractivity contribution in [1.82, 2.24) is 14.5 Å². The molecule has 25 heavy (non-hydrogen) atoms. The average molecular weight is 346 g/mol. The Kier molecular flexibility index (Phi) is 2.98. The first-order valence-corrected chi connectivity index (χ1v) is 8.13. The fraction of sp³-hybridized carbons (Fsp3) is 0.500. The van der Waals surface area contributed by atoms with Crippen LogP contribution in [0.5, 0.6) is 0 Å². The number of nitrogens with zero attached hydrogens (tertiary/aromatic N) is 4. The van der Waals surface area contributed by atoms with Gasteiger partial charge in [-0.15, -0.1) is 0 Å². The van der Waals surface area contributed by atoms with Gasteiger partial charge in [-0.1, -0.05) is 19.9 Å². The van der Waals surface area contributed by atoms with Crippen molar-refractivity contribution in [3.63, 3.8) is 0 Å². The van der Waals surface area contributed by atoms with Crippen molar-refractivity contribution in [2.75, 3.05) is 0 Å². The van der Waals surface area contributed by atoms with Crippen LogP contribution in [0.15, 0.2) is 30.1 Å². The van der Waals surface area contributed by atoms with E-state index in [-0.39, 0.29) is 17.4 Å². The van der Waals surface area contributed by atoms with Gasteiger partial charge in [0.05, 0.1) is 29.2 Å². The number of imidazole rings is 1.